The second-order valence-electron chi connectivity index (χ2n) is 14.9. The molecule has 65 heavy (non-hydrogen) atoms. The number of nitrogens with two attached hydrogens (primary N) is 1. The number of benzene rings is 4. The highest BCUT2D eigenvalue weighted by atomic mass is 32.2. The summed E-state index contributed by atoms with van der Waals surface area (Å²) in [7, 11) is -4.02. The molecule has 340 valence electrons. The van der Waals surface area contributed by atoms with Crippen molar-refractivity contribution >= 4 is 69.2 Å². The van der Waals surface area contributed by atoms with Crippen LogP contribution in [0.4, 0.5) is 10.5 Å². The first-order valence-corrected chi connectivity index (χ1v) is 22.7. The molecule has 0 unspecified atom stereocenters. The second-order valence-corrected chi connectivity index (χ2v) is 17.4. The minimum atomic E-state index is -4.02. The Bertz CT molecular complexity index is 2560. The minimum absolute atomic E-state index is 0.0666. The monoisotopic (exact) mass is 926 g/mol. The molecule has 18 nitrogen and oxygen atoms in total. The molecule has 0 radical (unpaired) electrons. The molecule has 3 heterocycles. The highest BCUT2D eigenvalue weighted by molar-refractivity contribution is 8.00. The molecule has 3 atom stereocenters. The number of aryl methyl sites for hydroxylation is 1. The predicted octanol–water partition coefficient (Wildman–Crippen LogP) is 3.50. The van der Waals surface area contributed by atoms with Crippen LogP contribution in [-0.4, -0.2) is 113 Å². The largest absolute Gasteiger partial charge is 0.461 e. The number of ether oxygens (including phenoxy) is 2. The van der Waals surface area contributed by atoms with Crippen LogP contribution in [-0.2, 0) is 48.4 Å². The lowest BCUT2D eigenvalue weighted by Crippen LogP contribution is -2.71. The molecule has 2 fully saturated rings. The fourth-order valence-corrected chi connectivity index (χ4v) is 8.83. The number of imide groups is 1. The van der Waals surface area contributed by atoms with Gasteiger partial charge in [-0.2, -0.15) is 8.42 Å². The molecule has 0 saturated carbocycles. The van der Waals surface area contributed by atoms with E-state index in [2.05, 4.69) is 10.6 Å². The third kappa shape index (κ3) is 11.2. The average molecular weight is 927 g/mol. The Hall–Kier alpha value is -7.03. The number of amides is 6. The van der Waals surface area contributed by atoms with Gasteiger partial charge in [0, 0.05) is 43.6 Å². The van der Waals surface area contributed by atoms with E-state index in [4.69, 9.17) is 19.8 Å². The third-order valence-corrected chi connectivity index (χ3v) is 12.7. The Kier molecular flexibility index (Phi) is 15.1. The number of thioether (sulfide) groups is 1. The van der Waals surface area contributed by atoms with Crippen LogP contribution in [0.1, 0.15) is 48.2 Å². The van der Waals surface area contributed by atoms with Gasteiger partial charge in [-0.1, -0.05) is 90.5 Å². The summed E-state index contributed by atoms with van der Waals surface area (Å²) in [5.41, 5.74) is 9.14. The van der Waals surface area contributed by atoms with Crippen LogP contribution in [0.2, 0.25) is 0 Å². The van der Waals surface area contributed by atoms with Crippen molar-refractivity contribution in [2.45, 2.75) is 49.2 Å². The predicted molar refractivity (Wildman–Crippen MR) is 237 cm³/mol. The fraction of sp³-hybridized carbons (Fsp3) is 0.267. The topological polar surface area (TPSA) is 252 Å². The summed E-state index contributed by atoms with van der Waals surface area (Å²) in [5, 5.41) is 4.48. The minimum Gasteiger partial charge on any atom is -0.461 e. The van der Waals surface area contributed by atoms with Crippen molar-refractivity contribution in [3.63, 3.8) is 0 Å². The van der Waals surface area contributed by atoms with Crippen molar-refractivity contribution in [1.82, 2.24) is 25.3 Å². The number of anilines is 1. The first-order chi connectivity index (χ1) is 31.0. The smallest absolute Gasteiger partial charge is 0.356 e. The first kappa shape index (κ1) is 47.4. The Labute approximate surface area is 378 Å². The molecule has 0 aromatic heterocycles. The summed E-state index contributed by atoms with van der Waals surface area (Å²) < 4.78 is 40.9. The van der Waals surface area contributed by atoms with E-state index in [9.17, 15) is 42.0 Å². The number of nitrogens with zero attached hydrogens (tertiary/aromatic N) is 3. The van der Waals surface area contributed by atoms with Gasteiger partial charge in [-0.25, -0.2) is 9.59 Å². The molecular weight excluding hydrogens is 881 g/mol. The quantitative estimate of drug-likeness (QED) is 0.0522. The molecule has 2 saturated heterocycles. The average Bonchev–Trinajstić information content (AvgIpc) is 3.29. The molecule has 20 heteroatoms. The van der Waals surface area contributed by atoms with Gasteiger partial charge in [0.25, 0.3) is 16.0 Å². The van der Waals surface area contributed by atoms with Gasteiger partial charge >= 0.3 is 29.8 Å². The third-order valence-electron chi connectivity index (χ3n) is 10.5. The van der Waals surface area contributed by atoms with Gasteiger partial charge in [0.2, 0.25) is 5.91 Å². The summed E-state index contributed by atoms with van der Waals surface area (Å²) >= 11 is 1.24. The summed E-state index contributed by atoms with van der Waals surface area (Å²) in [6, 6.07) is 26.7. The zero-order valence-corrected chi connectivity index (χ0v) is 37.0. The summed E-state index contributed by atoms with van der Waals surface area (Å²) in [4.78, 5) is 95.6. The number of hydrogen-bond acceptors (Lipinski definition) is 13. The van der Waals surface area contributed by atoms with Gasteiger partial charge in [-0.15, -0.1) is 11.8 Å². The number of carbonyl (C=O) groups excluding carboxylic acids is 7. The molecule has 0 spiro atoms. The van der Waals surface area contributed by atoms with E-state index in [-0.39, 0.29) is 36.0 Å². The van der Waals surface area contributed by atoms with E-state index in [1.165, 1.54) is 64.9 Å². The maximum absolute atomic E-state index is 14.1. The number of likely N-dealkylation sites (N-methyl/N-ethyl adjacent to an activating group) is 1. The highest BCUT2D eigenvalue weighted by Gasteiger charge is 2.55. The van der Waals surface area contributed by atoms with E-state index in [0.29, 0.717) is 34.5 Å². The van der Waals surface area contributed by atoms with Crippen LogP contribution in [0.3, 0.4) is 0 Å². The highest BCUT2D eigenvalue weighted by Crippen LogP contribution is 2.42. The number of piperazine rings is 1. The van der Waals surface area contributed by atoms with E-state index in [1.807, 2.05) is 67.6 Å². The lowest BCUT2D eigenvalue weighted by atomic mass is 10.00. The molecule has 0 aliphatic carbocycles. The molecule has 7 rings (SSSR count). The lowest BCUT2D eigenvalue weighted by Gasteiger charge is -2.50. The number of nitrogen functional groups attached to an aromatic ring is 1. The maximum atomic E-state index is 14.1. The zero-order chi connectivity index (χ0) is 47.0. The SMILES string of the molecule is CCN1CCN(C(=O)N[C@@H](C(=O)N[C@@H]2C(=O)N3C(C(=O)OC(c4ccccc4)c4ccccc4)=C(COC(C)=O)CS[C@H]23)c2ccc(N)cc2)C(=O)C1=O.Cc1ccc(S(=O)(=O)O)cc1. The second kappa shape index (κ2) is 20.6. The van der Waals surface area contributed by atoms with E-state index < -0.39 is 75.3 Å². The molecule has 4 aromatic carbocycles. The Morgan fingerprint density at radius 1 is 0.846 bits per heavy atom. The standard InChI is InChI=1S/C38H38N6O9S.C7H8O3S/c1-3-42-18-19-43(35(49)34(42)48)38(51)41-28(23-14-16-27(39)17-15-23)32(46)40-29-33(47)44-30(26(20-52-22(2)45)21-54-36(29)44)37(50)53-31(24-10-6-4-7-11-24)25-12-8-5-9-13-25;1-6-2-4-7(5-3-6)11(8,9)10/h4-17,28-29,31,36H,3,18-21,39H2,1-2H3,(H,40,46)(H,41,51);2-5H,1H3,(H,8,9,10)/t28-,29-,36-;/m1./s1. The van der Waals surface area contributed by atoms with Gasteiger partial charge in [-0.05, 0) is 54.8 Å². The van der Waals surface area contributed by atoms with Gasteiger partial charge in [0.05, 0.1) is 4.90 Å². The number of fused-ring (bicyclic) bond motifs is 1. The molecule has 3 aliphatic rings. The van der Waals surface area contributed by atoms with Crippen LogP contribution >= 0.6 is 11.8 Å². The molecule has 5 N–H and O–H groups in total. The first-order valence-electron chi connectivity index (χ1n) is 20.2. The number of β-lactam (4-membered cyclic amide) rings is 1. The normalized spacial score (nSPS) is 17.6. The van der Waals surface area contributed by atoms with Gasteiger partial charge in [-0.3, -0.25) is 38.3 Å². The van der Waals surface area contributed by atoms with Crippen LogP contribution < -0.4 is 16.4 Å². The fourth-order valence-electron chi connectivity index (χ4n) is 7.03. The van der Waals surface area contributed by atoms with Crippen LogP contribution in [0.5, 0.6) is 0 Å². The van der Waals surface area contributed by atoms with Gasteiger partial charge < -0.3 is 30.7 Å². The maximum Gasteiger partial charge on any atom is 0.356 e. The Morgan fingerprint density at radius 2 is 1.45 bits per heavy atom. The van der Waals surface area contributed by atoms with Crippen molar-refractivity contribution in [2.75, 3.05) is 37.7 Å². The number of urea groups is 1. The zero-order valence-electron chi connectivity index (χ0n) is 35.4. The number of nitrogens with one attached hydrogen (secondary N) is 2. The van der Waals surface area contributed by atoms with E-state index in [0.717, 1.165) is 10.5 Å². The van der Waals surface area contributed by atoms with Crippen molar-refractivity contribution < 1.29 is 56.0 Å². The molecule has 0 bridgehead atoms. The van der Waals surface area contributed by atoms with Crippen molar-refractivity contribution in [3.05, 3.63) is 143 Å². The Balaban J connectivity index is 0.000000557. The summed E-state index contributed by atoms with van der Waals surface area (Å²) in [5.74, 6) is -4.53. The molecule has 6 amide bonds. The molecule has 4 aromatic rings. The van der Waals surface area contributed by atoms with Crippen LogP contribution in [0.25, 0.3) is 0 Å². The van der Waals surface area contributed by atoms with Crippen molar-refractivity contribution in [2.24, 2.45) is 0 Å². The number of esters is 2. The molecule has 3 aliphatic heterocycles. The number of hydrogen-bond donors (Lipinski definition) is 4. The van der Waals surface area contributed by atoms with Crippen molar-refractivity contribution in [1.29, 1.82) is 0 Å². The van der Waals surface area contributed by atoms with Gasteiger partial charge in [0.15, 0.2) is 6.10 Å². The van der Waals surface area contributed by atoms with Crippen LogP contribution in [0.15, 0.2) is 125 Å². The summed E-state index contributed by atoms with van der Waals surface area (Å²) in [6.45, 7) is 4.87. The number of rotatable bonds is 12. The van der Waals surface area contributed by atoms with Crippen molar-refractivity contribution in [3.8, 4) is 0 Å². The molecular formula is C45H46N6O12S2. The number of carbonyl (C=O) groups is 7. The van der Waals surface area contributed by atoms with Gasteiger partial charge in [0.1, 0.15) is 29.8 Å². The van der Waals surface area contributed by atoms with E-state index >= 15 is 0 Å². The summed E-state index contributed by atoms with van der Waals surface area (Å²) in [6.07, 6.45) is -0.835. The van der Waals surface area contributed by atoms with E-state index in [1.54, 1.807) is 19.1 Å². The van der Waals surface area contributed by atoms with Crippen LogP contribution in [0, 0.1) is 6.92 Å². The lowest BCUT2D eigenvalue weighted by molar-refractivity contribution is -0.155. The Morgan fingerprint density at radius 3 is 2.00 bits per heavy atom.